The number of morpholine rings is 1. The molecule has 0 N–H and O–H groups in total. The fourth-order valence-corrected chi connectivity index (χ4v) is 3.86. The quantitative estimate of drug-likeness (QED) is 0.677. The molecular weight excluding hydrogens is 354 g/mol. The van der Waals surface area contributed by atoms with Crippen LogP contribution in [-0.2, 0) is 11.3 Å². The number of rotatable bonds is 4. The van der Waals surface area contributed by atoms with Gasteiger partial charge in [0.2, 0.25) is 5.95 Å². The molecule has 0 radical (unpaired) electrons. The lowest BCUT2D eigenvalue weighted by atomic mass is 10.3. The predicted molar refractivity (Wildman–Crippen MR) is 108 cm³/mol. The van der Waals surface area contributed by atoms with E-state index in [0.717, 1.165) is 82.1 Å². The fourth-order valence-electron chi connectivity index (χ4n) is 3.86. The van der Waals surface area contributed by atoms with E-state index in [1.54, 1.807) is 0 Å². The summed E-state index contributed by atoms with van der Waals surface area (Å²) in [6.07, 6.45) is 6.04. The molecule has 0 bridgehead atoms. The van der Waals surface area contributed by atoms with Crippen molar-refractivity contribution in [3.8, 4) is 0 Å². The summed E-state index contributed by atoms with van der Waals surface area (Å²) in [5.41, 5.74) is 2.12. The van der Waals surface area contributed by atoms with Gasteiger partial charge in [0, 0.05) is 64.4 Å². The highest BCUT2D eigenvalue weighted by molar-refractivity contribution is 5.44. The predicted octanol–water partition coefficient (Wildman–Crippen LogP) is 1.28. The number of imidazole rings is 1. The molecule has 2 saturated heterocycles. The van der Waals surface area contributed by atoms with Gasteiger partial charge in [0.25, 0.3) is 0 Å². The second-order valence-corrected chi connectivity index (χ2v) is 7.28. The summed E-state index contributed by atoms with van der Waals surface area (Å²) >= 11 is 0. The molecule has 0 aliphatic carbocycles. The largest absolute Gasteiger partial charge is 0.378 e. The van der Waals surface area contributed by atoms with Gasteiger partial charge in [-0.25, -0.2) is 9.97 Å². The van der Waals surface area contributed by atoms with E-state index >= 15 is 0 Å². The van der Waals surface area contributed by atoms with E-state index in [1.165, 1.54) is 0 Å². The second-order valence-electron chi connectivity index (χ2n) is 7.28. The Balaban J connectivity index is 1.21. The minimum Gasteiger partial charge on any atom is -0.378 e. The van der Waals surface area contributed by atoms with Crippen molar-refractivity contribution in [2.45, 2.75) is 6.54 Å². The van der Waals surface area contributed by atoms with E-state index in [0.29, 0.717) is 0 Å². The van der Waals surface area contributed by atoms with E-state index in [9.17, 15) is 0 Å². The van der Waals surface area contributed by atoms with Crippen LogP contribution in [0.5, 0.6) is 0 Å². The van der Waals surface area contributed by atoms with Crippen molar-refractivity contribution in [2.24, 2.45) is 0 Å². The smallest absolute Gasteiger partial charge is 0.227 e. The van der Waals surface area contributed by atoms with E-state index in [2.05, 4.69) is 30.3 Å². The second kappa shape index (κ2) is 7.73. The van der Waals surface area contributed by atoms with Crippen molar-refractivity contribution < 1.29 is 4.74 Å². The summed E-state index contributed by atoms with van der Waals surface area (Å²) in [5, 5.41) is 0. The van der Waals surface area contributed by atoms with Crippen LogP contribution in [0.2, 0.25) is 0 Å². The van der Waals surface area contributed by atoms with Crippen molar-refractivity contribution >= 4 is 17.4 Å². The third-order valence-electron chi connectivity index (χ3n) is 5.42. The summed E-state index contributed by atoms with van der Waals surface area (Å²) < 4.78 is 7.52. The summed E-state index contributed by atoms with van der Waals surface area (Å²) in [5.74, 6) is 1.83. The van der Waals surface area contributed by atoms with Gasteiger partial charge in [-0.1, -0.05) is 6.07 Å². The lowest BCUT2D eigenvalue weighted by Crippen LogP contribution is -2.46. The Hall–Kier alpha value is -2.71. The van der Waals surface area contributed by atoms with Crippen molar-refractivity contribution in [1.82, 2.24) is 24.3 Å². The first kappa shape index (κ1) is 17.4. The van der Waals surface area contributed by atoms with Gasteiger partial charge in [-0.15, -0.1) is 0 Å². The molecule has 5 rings (SSSR count). The van der Waals surface area contributed by atoms with Crippen LogP contribution in [0.15, 0.2) is 42.9 Å². The first-order valence-electron chi connectivity index (χ1n) is 9.91. The molecule has 2 aliphatic rings. The zero-order valence-electron chi connectivity index (χ0n) is 15.9. The highest BCUT2D eigenvalue weighted by atomic mass is 16.5. The number of aromatic nitrogens is 4. The Morgan fingerprint density at radius 2 is 1.75 bits per heavy atom. The lowest BCUT2D eigenvalue weighted by Gasteiger charge is -2.35. The van der Waals surface area contributed by atoms with Crippen LogP contribution in [0.25, 0.3) is 5.65 Å². The average Bonchev–Trinajstić information content (AvgIpc) is 3.17. The van der Waals surface area contributed by atoms with E-state index in [4.69, 9.17) is 14.7 Å². The normalized spacial score (nSPS) is 18.7. The van der Waals surface area contributed by atoms with Crippen LogP contribution in [0.4, 0.5) is 11.8 Å². The first-order valence-corrected chi connectivity index (χ1v) is 9.91. The zero-order chi connectivity index (χ0) is 18.8. The molecule has 8 nitrogen and oxygen atoms in total. The first-order chi connectivity index (χ1) is 13.8. The Bertz CT molecular complexity index is 896. The van der Waals surface area contributed by atoms with Crippen LogP contribution in [0.3, 0.4) is 0 Å². The number of fused-ring (bicyclic) bond motifs is 1. The molecule has 0 aromatic carbocycles. The molecule has 0 unspecified atom stereocenters. The molecular formula is C20H25N7O. The molecule has 8 heteroatoms. The standard InChI is InChI=1S/C20H25N7O/c1-2-6-27-16-17(22-18(27)3-1)15-24-7-9-26(10-8-24)20-21-5-4-19(23-20)25-11-13-28-14-12-25/h1-6,16H,7-15H2. The van der Waals surface area contributed by atoms with Crippen LogP contribution in [-0.4, -0.2) is 76.7 Å². The highest BCUT2D eigenvalue weighted by Gasteiger charge is 2.21. The van der Waals surface area contributed by atoms with E-state index in [-0.39, 0.29) is 0 Å². The molecule has 0 atom stereocenters. The van der Waals surface area contributed by atoms with Crippen molar-refractivity contribution in [2.75, 3.05) is 62.3 Å². The Kier molecular flexibility index (Phi) is 4.80. The van der Waals surface area contributed by atoms with Gasteiger partial charge in [-0.3, -0.25) is 4.90 Å². The SMILES string of the molecule is c1ccn2cc(CN3CCN(c4nccc(N5CCOCC5)n4)CC3)nc2c1. The Morgan fingerprint density at radius 3 is 2.57 bits per heavy atom. The maximum Gasteiger partial charge on any atom is 0.227 e. The third kappa shape index (κ3) is 3.65. The zero-order valence-corrected chi connectivity index (χ0v) is 15.9. The summed E-state index contributed by atoms with van der Waals surface area (Å²) in [4.78, 5) is 21.0. The van der Waals surface area contributed by atoms with Gasteiger partial charge in [0.15, 0.2) is 0 Å². The monoisotopic (exact) mass is 379 g/mol. The van der Waals surface area contributed by atoms with Gasteiger partial charge in [0.1, 0.15) is 11.5 Å². The number of piperazine rings is 1. The highest BCUT2D eigenvalue weighted by Crippen LogP contribution is 2.18. The lowest BCUT2D eigenvalue weighted by molar-refractivity contribution is 0.122. The molecule has 28 heavy (non-hydrogen) atoms. The number of ether oxygens (including phenoxy) is 1. The van der Waals surface area contributed by atoms with E-state index < -0.39 is 0 Å². The number of hydrogen-bond donors (Lipinski definition) is 0. The van der Waals surface area contributed by atoms with Crippen molar-refractivity contribution in [3.63, 3.8) is 0 Å². The molecule has 0 spiro atoms. The molecule has 0 amide bonds. The molecule has 5 heterocycles. The summed E-state index contributed by atoms with van der Waals surface area (Å²) in [6, 6.07) is 8.09. The van der Waals surface area contributed by atoms with Crippen LogP contribution >= 0.6 is 0 Å². The van der Waals surface area contributed by atoms with Gasteiger partial charge >= 0.3 is 0 Å². The van der Waals surface area contributed by atoms with Crippen LogP contribution < -0.4 is 9.80 Å². The minimum atomic E-state index is 0.765. The van der Waals surface area contributed by atoms with Gasteiger partial charge < -0.3 is 18.9 Å². The van der Waals surface area contributed by atoms with Gasteiger partial charge in [-0.05, 0) is 18.2 Å². The number of anilines is 2. The Labute approximate surface area is 164 Å². The molecule has 2 fully saturated rings. The van der Waals surface area contributed by atoms with E-state index in [1.807, 2.05) is 36.7 Å². The molecule has 2 aliphatic heterocycles. The maximum atomic E-state index is 5.44. The van der Waals surface area contributed by atoms with Crippen molar-refractivity contribution in [1.29, 1.82) is 0 Å². The van der Waals surface area contributed by atoms with Gasteiger partial charge in [-0.2, -0.15) is 4.98 Å². The average molecular weight is 379 g/mol. The fraction of sp³-hybridized carbons (Fsp3) is 0.450. The number of hydrogen-bond acceptors (Lipinski definition) is 7. The number of pyridine rings is 1. The van der Waals surface area contributed by atoms with Crippen molar-refractivity contribution in [3.05, 3.63) is 48.5 Å². The van der Waals surface area contributed by atoms with Crippen LogP contribution in [0, 0.1) is 0 Å². The van der Waals surface area contributed by atoms with Gasteiger partial charge in [0.05, 0.1) is 18.9 Å². The summed E-state index contributed by atoms with van der Waals surface area (Å²) in [7, 11) is 0. The molecule has 3 aromatic heterocycles. The minimum absolute atomic E-state index is 0.765. The summed E-state index contributed by atoms with van der Waals surface area (Å²) in [6.45, 7) is 8.02. The maximum absolute atomic E-state index is 5.44. The Morgan fingerprint density at radius 1 is 0.893 bits per heavy atom. The third-order valence-corrected chi connectivity index (χ3v) is 5.42. The molecule has 0 saturated carbocycles. The number of nitrogens with zero attached hydrogens (tertiary/aromatic N) is 7. The topological polar surface area (TPSA) is 62.0 Å². The van der Waals surface area contributed by atoms with Crippen LogP contribution in [0.1, 0.15) is 5.69 Å². The molecule has 3 aromatic rings. The molecule has 146 valence electrons.